The summed E-state index contributed by atoms with van der Waals surface area (Å²) in [6.07, 6.45) is 1.24. The van der Waals surface area contributed by atoms with E-state index in [2.05, 4.69) is 5.32 Å². The van der Waals surface area contributed by atoms with Gasteiger partial charge in [-0.1, -0.05) is 25.5 Å². The molecule has 0 spiro atoms. The largest absolute Gasteiger partial charge is 0.507 e. The monoisotopic (exact) mass is 265 g/mol. The van der Waals surface area contributed by atoms with Crippen LogP contribution < -0.4 is 5.32 Å². The number of carbonyl (C=O) groups is 2. The molecule has 0 aliphatic heterocycles. The van der Waals surface area contributed by atoms with Gasteiger partial charge < -0.3 is 15.5 Å². The van der Waals surface area contributed by atoms with Gasteiger partial charge in [0.05, 0.1) is 12.0 Å². The lowest BCUT2D eigenvalue weighted by molar-refractivity contribution is -0.137. The van der Waals surface area contributed by atoms with Gasteiger partial charge in [-0.2, -0.15) is 0 Å². The number of aliphatic carboxylic acids is 1. The SMILES string of the molecule is CCCC(CC(=O)O)NC(=O)c1cccc(C)c1O. The third-order valence-electron chi connectivity index (χ3n) is 2.88. The molecule has 3 N–H and O–H groups in total. The van der Waals surface area contributed by atoms with E-state index >= 15 is 0 Å². The van der Waals surface area contributed by atoms with Crippen LogP contribution in [0, 0.1) is 6.92 Å². The second kappa shape index (κ2) is 6.78. The topological polar surface area (TPSA) is 86.6 Å². The maximum Gasteiger partial charge on any atom is 0.305 e. The molecular formula is C14H19NO4. The molecule has 104 valence electrons. The summed E-state index contributed by atoms with van der Waals surface area (Å²) in [7, 11) is 0. The van der Waals surface area contributed by atoms with Gasteiger partial charge in [0.2, 0.25) is 0 Å². The first-order chi connectivity index (χ1) is 8.95. The molecule has 1 rings (SSSR count). The van der Waals surface area contributed by atoms with Crippen molar-refractivity contribution in [2.45, 2.75) is 39.2 Å². The molecular weight excluding hydrogens is 246 g/mol. The average molecular weight is 265 g/mol. The first-order valence-electron chi connectivity index (χ1n) is 6.27. The Bertz CT molecular complexity index is 471. The zero-order chi connectivity index (χ0) is 14.4. The fraction of sp³-hybridized carbons (Fsp3) is 0.429. The summed E-state index contributed by atoms with van der Waals surface area (Å²) >= 11 is 0. The Morgan fingerprint density at radius 3 is 2.63 bits per heavy atom. The van der Waals surface area contributed by atoms with E-state index in [0.29, 0.717) is 12.0 Å². The van der Waals surface area contributed by atoms with Gasteiger partial charge in [0, 0.05) is 6.04 Å². The molecule has 0 aliphatic carbocycles. The highest BCUT2D eigenvalue weighted by molar-refractivity contribution is 5.97. The Morgan fingerprint density at radius 1 is 1.37 bits per heavy atom. The van der Waals surface area contributed by atoms with Crippen molar-refractivity contribution in [1.82, 2.24) is 5.32 Å². The van der Waals surface area contributed by atoms with Crippen molar-refractivity contribution < 1.29 is 19.8 Å². The minimum absolute atomic E-state index is 0.0643. The van der Waals surface area contributed by atoms with Gasteiger partial charge in [0.1, 0.15) is 5.75 Å². The highest BCUT2D eigenvalue weighted by Gasteiger charge is 2.18. The van der Waals surface area contributed by atoms with Crippen molar-refractivity contribution in [2.75, 3.05) is 0 Å². The first-order valence-corrected chi connectivity index (χ1v) is 6.27. The van der Waals surface area contributed by atoms with E-state index < -0.39 is 17.9 Å². The van der Waals surface area contributed by atoms with Gasteiger partial charge in [-0.05, 0) is 25.0 Å². The summed E-state index contributed by atoms with van der Waals surface area (Å²) in [5.41, 5.74) is 0.782. The molecule has 5 heteroatoms. The minimum Gasteiger partial charge on any atom is -0.507 e. The number of benzene rings is 1. The van der Waals surface area contributed by atoms with Crippen molar-refractivity contribution in [2.24, 2.45) is 0 Å². The number of carboxylic acid groups (broad SMARTS) is 1. The van der Waals surface area contributed by atoms with Crippen LogP contribution in [0.3, 0.4) is 0 Å². The number of para-hydroxylation sites is 1. The molecule has 1 aromatic carbocycles. The highest BCUT2D eigenvalue weighted by Crippen LogP contribution is 2.21. The van der Waals surface area contributed by atoms with Crippen LogP contribution in [0.1, 0.15) is 42.1 Å². The third kappa shape index (κ3) is 4.28. The standard InChI is InChI=1S/C14H19NO4/c1-3-5-10(8-12(16)17)15-14(19)11-7-4-6-9(2)13(11)18/h4,6-7,10,18H,3,5,8H2,1-2H3,(H,15,19)(H,16,17). The Balaban J connectivity index is 2.81. The van der Waals surface area contributed by atoms with Crippen LogP contribution in [0.5, 0.6) is 5.75 Å². The predicted molar refractivity (Wildman–Crippen MR) is 71.3 cm³/mol. The van der Waals surface area contributed by atoms with Crippen LogP contribution >= 0.6 is 0 Å². The Kier molecular flexibility index (Phi) is 5.36. The summed E-state index contributed by atoms with van der Waals surface area (Å²) in [6.45, 7) is 3.62. The van der Waals surface area contributed by atoms with Gasteiger partial charge in [0.15, 0.2) is 0 Å². The molecule has 0 saturated heterocycles. The number of hydrogen-bond acceptors (Lipinski definition) is 3. The van der Waals surface area contributed by atoms with Gasteiger partial charge in [-0.15, -0.1) is 0 Å². The highest BCUT2D eigenvalue weighted by atomic mass is 16.4. The molecule has 19 heavy (non-hydrogen) atoms. The van der Waals surface area contributed by atoms with Crippen LogP contribution in [-0.2, 0) is 4.79 Å². The summed E-state index contributed by atoms with van der Waals surface area (Å²) in [5.74, 6) is -1.46. The van der Waals surface area contributed by atoms with Gasteiger partial charge >= 0.3 is 5.97 Å². The lowest BCUT2D eigenvalue weighted by atomic mass is 10.1. The normalized spacial score (nSPS) is 11.9. The van der Waals surface area contributed by atoms with Gasteiger partial charge in [-0.3, -0.25) is 9.59 Å². The van der Waals surface area contributed by atoms with E-state index in [-0.39, 0.29) is 17.7 Å². The fourth-order valence-corrected chi connectivity index (χ4v) is 1.89. The van der Waals surface area contributed by atoms with E-state index in [1.54, 1.807) is 19.1 Å². The number of nitrogens with one attached hydrogen (secondary N) is 1. The van der Waals surface area contributed by atoms with E-state index in [0.717, 1.165) is 6.42 Å². The van der Waals surface area contributed by atoms with Crippen LogP contribution in [0.25, 0.3) is 0 Å². The number of phenolic OH excluding ortho intramolecular Hbond substituents is 1. The average Bonchev–Trinajstić information content (AvgIpc) is 2.32. The van der Waals surface area contributed by atoms with Crippen molar-refractivity contribution in [1.29, 1.82) is 0 Å². The number of amides is 1. The fourth-order valence-electron chi connectivity index (χ4n) is 1.89. The zero-order valence-corrected chi connectivity index (χ0v) is 11.1. The molecule has 0 aliphatic rings. The van der Waals surface area contributed by atoms with Gasteiger partial charge in [0.25, 0.3) is 5.91 Å². The molecule has 0 fully saturated rings. The summed E-state index contributed by atoms with van der Waals surface area (Å²) in [5, 5.41) is 21.3. The molecule has 0 radical (unpaired) electrons. The molecule has 0 heterocycles. The van der Waals surface area contributed by atoms with Crippen molar-refractivity contribution in [3.05, 3.63) is 29.3 Å². The first kappa shape index (κ1) is 15.0. The minimum atomic E-state index is -0.952. The molecule has 1 amide bonds. The quantitative estimate of drug-likeness (QED) is 0.735. The number of carboxylic acids is 1. The maximum atomic E-state index is 12.0. The van der Waals surface area contributed by atoms with Crippen molar-refractivity contribution in [3.8, 4) is 5.75 Å². The number of aromatic hydroxyl groups is 1. The smallest absolute Gasteiger partial charge is 0.305 e. The van der Waals surface area contributed by atoms with E-state index in [1.165, 1.54) is 6.07 Å². The van der Waals surface area contributed by atoms with Crippen molar-refractivity contribution in [3.63, 3.8) is 0 Å². The number of phenols is 1. The zero-order valence-electron chi connectivity index (χ0n) is 11.1. The summed E-state index contributed by atoms with van der Waals surface area (Å²) in [4.78, 5) is 22.7. The number of carbonyl (C=O) groups excluding carboxylic acids is 1. The summed E-state index contributed by atoms with van der Waals surface area (Å²) in [6, 6.07) is 4.47. The summed E-state index contributed by atoms with van der Waals surface area (Å²) < 4.78 is 0. The lowest BCUT2D eigenvalue weighted by Gasteiger charge is -2.16. The number of hydrogen-bond donors (Lipinski definition) is 3. The van der Waals surface area contributed by atoms with E-state index in [9.17, 15) is 14.7 Å². The molecule has 1 atom stereocenters. The predicted octanol–water partition coefficient (Wildman–Crippen LogP) is 2.07. The molecule has 5 nitrogen and oxygen atoms in total. The molecule has 0 bridgehead atoms. The number of rotatable bonds is 6. The Morgan fingerprint density at radius 2 is 2.05 bits per heavy atom. The number of aryl methyl sites for hydroxylation is 1. The van der Waals surface area contributed by atoms with Crippen LogP contribution in [0.2, 0.25) is 0 Å². The Labute approximate surface area is 112 Å². The molecule has 0 aromatic heterocycles. The third-order valence-corrected chi connectivity index (χ3v) is 2.88. The van der Waals surface area contributed by atoms with Gasteiger partial charge in [-0.25, -0.2) is 0 Å². The van der Waals surface area contributed by atoms with Crippen LogP contribution in [0.15, 0.2) is 18.2 Å². The maximum absolute atomic E-state index is 12.0. The Hall–Kier alpha value is -2.04. The van der Waals surface area contributed by atoms with Crippen molar-refractivity contribution >= 4 is 11.9 Å². The van der Waals surface area contributed by atoms with E-state index in [4.69, 9.17) is 5.11 Å². The second-order valence-corrected chi connectivity index (χ2v) is 4.53. The molecule has 0 saturated carbocycles. The second-order valence-electron chi connectivity index (χ2n) is 4.53. The van der Waals surface area contributed by atoms with Crippen LogP contribution in [-0.4, -0.2) is 28.1 Å². The lowest BCUT2D eigenvalue weighted by Crippen LogP contribution is -2.36. The molecule has 1 unspecified atom stereocenters. The van der Waals surface area contributed by atoms with Crippen LogP contribution in [0.4, 0.5) is 0 Å². The van der Waals surface area contributed by atoms with E-state index in [1.807, 2.05) is 6.92 Å². The molecule has 1 aromatic rings.